The molecule has 19 heavy (non-hydrogen) atoms. The van der Waals surface area contributed by atoms with Crippen molar-refractivity contribution in [3.05, 3.63) is 53.1 Å². The van der Waals surface area contributed by atoms with Crippen molar-refractivity contribution in [3.8, 4) is 6.07 Å². The van der Waals surface area contributed by atoms with E-state index in [2.05, 4.69) is 5.32 Å². The summed E-state index contributed by atoms with van der Waals surface area (Å²) in [5, 5.41) is 11.4. The van der Waals surface area contributed by atoms with Gasteiger partial charge in [-0.3, -0.25) is 0 Å². The number of rotatable bonds is 3. The van der Waals surface area contributed by atoms with Gasteiger partial charge in [0.1, 0.15) is 17.6 Å². The average Bonchev–Trinajstić information content (AvgIpc) is 2.72. The maximum Gasteiger partial charge on any atom is 0.182 e. The van der Waals surface area contributed by atoms with Crippen molar-refractivity contribution in [3.63, 3.8) is 0 Å². The normalized spacial score (nSPS) is 10.3. The van der Waals surface area contributed by atoms with Crippen LogP contribution in [-0.2, 0) is 13.6 Å². The van der Waals surface area contributed by atoms with Gasteiger partial charge in [0.05, 0.1) is 5.69 Å². The van der Waals surface area contributed by atoms with E-state index in [0.29, 0.717) is 17.3 Å². The first-order valence-corrected chi connectivity index (χ1v) is 5.45. The molecule has 1 N–H and O–H groups in total. The van der Waals surface area contributed by atoms with Gasteiger partial charge in [0, 0.05) is 31.9 Å². The van der Waals surface area contributed by atoms with Crippen molar-refractivity contribution < 1.29 is 13.2 Å². The summed E-state index contributed by atoms with van der Waals surface area (Å²) in [6.07, 6.45) is 1.68. The first-order valence-electron chi connectivity index (χ1n) is 5.45. The molecule has 3 nitrogen and oxygen atoms in total. The predicted octanol–water partition coefficient (Wildman–Crippen LogP) is 2.93. The maximum atomic E-state index is 13.4. The number of hydrogen-bond donors (Lipinski definition) is 1. The van der Waals surface area contributed by atoms with Gasteiger partial charge in [-0.05, 0) is 11.6 Å². The lowest BCUT2D eigenvalue weighted by molar-refractivity contribution is 0.497. The molecule has 1 aromatic heterocycles. The Hall–Kier alpha value is -2.42. The standard InChI is InChI=1S/C13H10F3N3/c1-19-7-8(2-10(19)5-17)6-18-12-4-9(14)3-11(15)13(12)16/h2-4,7,18H,6H2,1H3. The molecule has 0 spiro atoms. The second-order valence-corrected chi connectivity index (χ2v) is 4.06. The Morgan fingerprint density at radius 2 is 2.00 bits per heavy atom. The minimum absolute atomic E-state index is 0.162. The van der Waals surface area contributed by atoms with Crippen LogP contribution >= 0.6 is 0 Å². The molecule has 0 saturated carbocycles. The molecule has 0 atom stereocenters. The van der Waals surface area contributed by atoms with E-state index in [1.165, 1.54) is 0 Å². The van der Waals surface area contributed by atoms with Gasteiger partial charge in [-0.1, -0.05) is 0 Å². The summed E-state index contributed by atoms with van der Waals surface area (Å²) < 4.78 is 40.9. The molecular formula is C13H10F3N3. The number of nitrogens with one attached hydrogen (secondary N) is 1. The highest BCUT2D eigenvalue weighted by Crippen LogP contribution is 2.20. The average molecular weight is 265 g/mol. The Morgan fingerprint density at radius 1 is 1.26 bits per heavy atom. The lowest BCUT2D eigenvalue weighted by Gasteiger charge is -2.07. The van der Waals surface area contributed by atoms with E-state index in [1.807, 2.05) is 6.07 Å². The number of anilines is 1. The van der Waals surface area contributed by atoms with Crippen LogP contribution in [0.4, 0.5) is 18.9 Å². The highest BCUT2D eigenvalue weighted by atomic mass is 19.2. The summed E-state index contributed by atoms with van der Waals surface area (Å²) in [6.45, 7) is 0.162. The molecule has 0 aliphatic rings. The molecule has 0 radical (unpaired) electrons. The Labute approximate surface area is 107 Å². The van der Waals surface area contributed by atoms with E-state index in [1.54, 1.807) is 23.9 Å². The fraction of sp³-hybridized carbons (Fsp3) is 0.154. The van der Waals surface area contributed by atoms with Crippen LogP contribution in [0.2, 0.25) is 0 Å². The molecule has 0 saturated heterocycles. The second kappa shape index (κ2) is 5.06. The van der Waals surface area contributed by atoms with Crippen LogP contribution in [-0.4, -0.2) is 4.57 Å². The highest BCUT2D eigenvalue weighted by molar-refractivity contribution is 5.46. The van der Waals surface area contributed by atoms with E-state index < -0.39 is 17.5 Å². The molecule has 1 aromatic carbocycles. The molecule has 2 rings (SSSR count). The molecule has 0 unspecified atom stereocenters. The summed E-state index contributed by atoms with van der Waals surface area (Å²) in [6, 6.07) is 4.96. The number of halogens is 3. The fourth-order valence-corrected chi connectivity index (χ4v) is 1.72. The van der Waals surface area contributed by atoms with Crippen LogP contribution in [0.25, 0.3) is 0 Å². The SMILES string of the molecule is Cn1cc(CNc2cc(F)cc(F)c2F)cc1C#N. The van der Waals surface area contributed by atoms with Crippen LogP contribution in [0, 0.1) is 28.8 Å². The van der Waals surface area contributed by atoms with Crippen molar-refractivity contribution in [2.75, 3.05) is 5.32 Å². The molecule has 98 valence electrons. The van der Waals surface area contributed by atoms with Crippen LogP contribution in [0.15, 0.2) is 24.4 Å². The number of nitriles is 1. The summed E-state index contributed by atoms with van der Waals surface area (Å²) in [5.74, 6) is -3.22. The fourth-order valence-electron chi connectivity index (χ4n) is 1.72. The Bertz CT molecular complexity index is 656. The Kier molecular flexibility index (Phi) is 3.47. The monoisotopic (exact) mass is 265 g/mol. The molecule has 6 heteroatoms. The quantitative estimate of drug-likeness (QED) is 0.867. The van der Waals surface area contributed by atoms with E-state index in [9.17, 15) is 13.2 Å². The zero-order valence-corrected chi connectivity index (χ0v) is 10.0. The molecule has 2 aromatic rings. The number of hydrogen-bond acceptors (Lipinski definition) is 2. The lowest BCUT2D eigenvalue weighted by Crippen LogP contribution is -2.03. The van der Waals surface area contributed by atoms with E-state index >= 15 is 0 Å². The highest BCUT2D eigenvalue weighted by Gasteiger charge is 2.11. The molecule has 0 amide bonds. The van der Waals surface area contributed by atoms with Crippen molar-refractivity contribution in [2.45, 2.75) is 6.54 Å². The summed E-state index contributed by atoms with van der Waals surface area (Å²) in [7, 11) is 1.70. The topological polar surface area (TPSA) is 40.8 Å². The third kappa shape index (κ3) is 2.71. The third-order valence-electron chi connectivity index (χ3n) is 2.65. The van der Waals surface area contributed by atoms with Crippen LogP contribution in [0.5, 0.6) is 0 Å². The van der Waals surface area contributed by atoms with Gasteiger partial charge in [-0.25, -0.2) is 13.2 Å². The van der Waals surface area contributed by atoms with Gasteiger partial charge in [0.15, 0.2) is 11.6 Å². The molecule has 0 bridgehead atoms. The number of aromatic nitrogens is 1. The Balaban J connectivity index is 2.17. The maximum absolute atomic E-state index is 13.4. The number of nitrogens with zero attached hydrogens (tertiary/aromatic N) is 2. The van der Waals surface area contributed by atoms with Crippen molar-refractivity contribution in [2.24, 2.45) is 7.05 Å². The summed E-state index contributed by atoms with van der Waals surface area (Å²) >= 11 is 0. The van der Waals surface area contributed by atoms with E-state index in [0.717, 1.165) is 6.07 Å². The van der Waals surface area contributed by atoms with E-state index in [4.69, 9.17) is 5.26 Å². The molecule has 0 aliphatic carbocycles. The van der Waals surface area contributed by atoms with Gasteiger partial charge >= 0.3 is 0 Å². The van der Waals surface area contributed by atoms with Crippen LogP contribution in [0.3, 0.4) is 0 Å². The Morgan fingerprint density at radius 3 is 2.63 bits per heavy atom. The van der Waals surface area contributed by atoms with Gasteiger partial charge < -0.3 is 9.88 Å². The summed E-state index contributed by atoms with van der Waals surface area (Å²) in [4.78, 5) is 0. The van der Waals surface area contributed by atoms with Crippen molar-refractivity contribution in [1.29, 1.82) is 5.26 Å². The molecule has 0 aliphatic heterocycles. The summed E-state index contributed by atoms with van der Waals surface area (Å²) in [5.41, 5.74) is 0.908. The van der Waals surface area contributed by atoms with Gasteiger partial charge in [0.25, 0.3) is 0 Å². The van der Waals surface area contributed by atoms with Gasteiger partial charge in [-0.2, -0.15) is 5.26 Å². The smallest absolute Gasteiger partial charge is 0.182 e. The zero-order chi connectivity index (χ0) is 14.0. The first kappa shape index (κ1) is 13.0. The minimum Gasteiger partial charge on any atom is -0.378 e. The molecule has 0 fully saturated rings. The minimum atomic E-state index is -1.24. The lowest BCUT2D eigenvalue weighted by atomic mass is 10.2. The zero-order valence-electron chi connectivity index (χ0n) is 10.0. The van der Waals surface area contributed by atoms with Gasteiger partial charge in [0.2, 0.25) is 0 Å². The van der Waals surface area contributed by atoms with Crippen molar-refractivity contribution >= 4 is 5.69 Å². The largest absolute Gasteiger partial charge is 0.378 e. The van der Waals surface area contributed by atoms with Crippen molar-refractivity contribution in [1.82, 2.24) is 4.57 Å². The molecule has 1 heterocycles. The third-order valence-corrected chi connectivity index (χ3v) is 2.65. The predicted molar refractivity (Wildman–Crippen MR) is 63.8 cm³/mol. The van der Waals surface area contributed by atoms with E-state index in [-0.39, 0.29) is 12.2 Å². The first-order chi connectivity index (χ1) is 9.01. The van der Waals surface area contributed by atoms with Gasteiger partial charge in [-0.15, -0.1) is 0 Å². The number of benzene rings is 1. The number of aryl methyl sites for hydroxylation is 1. The van der Waals surface area contributed by atoms with Crippen LogP contribution < -0.4 is 5.32 Å². The molecular weight excluding hydrogens is 255 g/mol. The van der Waals surface area contributed by atoms with Crippen LogP contribution in [0.1, 0.15) is 11.3 Å². The second-order valence-electron chi connectivity index (χ2n) is 4.06.